The Morgan fingerprint density at radius 1 is 1.00 bits per heavy atom. The Balaban J connectivity index is 1.73. The maximum absolute atomic E-state index is 14.7. The first-order valence-electron chi connectivity index (χ1n) is 9.80. The fourth-order valence-corrected chi connectivity index (χ4v) is 3.68. The number of rotatable bonds is 4. The molecule has 0 saturated carbocycles. The number of benzene rings is 2. The van der Waals surface area contributed by atoms with Crippen molar-refractivity contribution in [3.8, 4) is 5.69 Å². The van der Waals surface area contributed by atoms with Crippen LogP contribution in [0.15, 0.2) is 59.9 Å². The highest BCUT2D eigenvalue weighted by atomic mass is 19.1. The van der Waals surface area contributed by atoms with E-state index in [-0.39, 0.29) is 11.2 Å². The fraction of sp³-hybridized carbons (Fsp3) is 0.136. The standard InChI is InChI=1S/C22H17F2N7O/c1-12(28-19-17-21(26-10-25-19)30(2)11-27-17)20-29-16-9-4-3-6-13(16)22(32)31(20)18-14(23)7-5-8-15(18)24/h3-12H,1-2H3,(H,25,26,28)/t12-/m0/s1. The molecule has 0 saturated heterocycles. The van der Waals surface area contributed by atoms with E-state index in [0.29, 0.717) is 22.5 Å². The molecule has 0 bridgehead atoms. The normalized spacial score (nSPS) is 12.4. The first-order valence-corrected chi connectivity index (χ1v) is 9.80. The molecule has 0 radical (unpaired) electrons. The van der Waals surface area contributed by atoms with Crippen LogP contribution in [0.4, 0.5) is 14.6 Å². The summed E-state index contributed by atoms with van der Waals surface area (Å²) in [5.41, 5.74) is 0.492. The summed E-state index contributed by atoms with van der Waals surface area (Å²) in [5.74, 6) is -1.20. The van der Waals surface area contributed by atoms with Crippen molar-refractivity contribution >= 4 is 27.9 Å². The maximum Gasteiger partial charge on any atom is 0.266 e. The number of para-hydroxylation sites is 2. The van der Waals surface area contributed by atoms with Gasteiger partial charge < -0.3 is 9.88 Å². The minimum Gasteiger partial charge on any atom is -0.358 e. The summed E-state index contributed by atoms with van der Waals surface area (Å²) in [6.45, 7) is 1.72. The Morgan fingerprint density at radius 2 is 1.75 bits per heavy atom. The summed E-state index contributed by atoms with van der Waals surface area (Å²) in [6.07, 6.45) is 2.99. The Morgan fingerprint density at radius 3 is 2.53 bits per heavy atom. The van der Waals surface area contributed by atoms with E-state index in [9.17, 15) is 13.6 Å². The molecular formula is C22H17F2N7O. The molecule has 10 heteroatoms. The number of fused-ring (bicyclic) bond motifs is 2. The molecule has 5 aromatic rings. The third-order valence-corrected chi connectivity index (χ3v) is 5.20. The molecular weight excluding hydrogens is 416 g/mol. The number of anilines is 1. The lowest BCUT2D eigenvalue weighted by atomic mass is 10.2. The van der Waals surface area contributed by atoms with E-state index in [4.69, 9.17) is 0 Å². The molecule has 1 atom stereocenters. The number of halogens is 2. The molecule has 0 aliphatic heterocycles. The minimum absolute atomic E-state index is 0.125. The quantitative estimate of drug-likeness (QED) is 0.467. The number of aryl methyl sites for hydroxylation is 1. The van der Waals surface area contributed by atoms with Crippen molar-refractivity contribution in [2.75, 3.05) is 5.32 Å². The number of nitrogens with one attached hydrogen (secondary N) is 1. The zero-order valence-electron chi connectivity index (χ0n) is 17.1. The molecule has 2 aromatic carbocycles. The van der Waals surface area contributed by atoms with Crippen LogP contribution in [-0.2, 0) is 7.05 Å². The second-order valence-corrected chi connectivity index (χ2v) is 7.31. The molecule has 0 spiro atoms. The second kappa shape index (κ2) is 7.49. The van der Waals surface area contributed by atoms with Crippen molar-refractivity contribution in [3.63, 3.8) is 0 Å². The van der Waals surface area contributed by atoms with Gasteiger partial charge in [0.2, 0.25) is 0 Å². The zero-order valence-corrected chi connectivity index (χ0v) is 17.1. The van der Waals surface area contributed by atoms with Crippen LogP contribution in [0.1, 0.15) is 18.8 Å². The summed E-state index contributed by atoms with van der Waals surface area (Å²) in [5, 5.41) is 3.41. The highest BCUT2D eigenvalue weighted by molar-refractivity contribution is 5.83. The van der Waals surface area contributed by atoms with Gasteiger partial charge in [0.25, 0.3) is 5.56 Å². The molecule has 0 aliphatic rings. The molecule has 3 aromatic heterocycles. The van der Waals surface area contributed by atoms with Crippen molar-refractivity contribution in [1.29, 1.82) is 0 Å². The summed E-state index contributed by atoms with van der Waals surface area (Å²) in [4.78, 5) is 30.7. The smallest absolute Gasteiger partial charge is 0.266 e. The van der Waals surface area contributed by atoms with E-state index in [0.717, 1.165) is 16.7 Å². The van der Waals surface area contributed by atoms with Gasteiger partial charge in [-0.25, -0.2) is 28.7 Å². The van der Waals surface area contributed by atoms with Gasteiger partial charge in [-0.1, -0.05) is 18.2 Å². The van der Waals surface area contributed by atoms with E-state index < -0.39 is 28.9 Å². The summed E-state index contributed by atoms with van der Waals surface area (Å²) >= 11 is 0. The second-order valence-electron chi connectivity index (χ2n) is 7.31. The van der Waals surface area contributed by atoms with Crippen LogP contribution in [0.3, 0.4) is 0 Å². The van der Waals surface area contributed by atoms with Crippen LogP contribution in [0.5, 0.6) is 0 Å². The number of aromatic nitrogens is 6. The first-order chi connectivity index (χ1) is 15.5. The number of hydrogen-bond acceptors (Lipinski definition) is 6. The predicted molar refractivity (Wildman–Crippen MR) is 116 cm³/mol. The minimum atomic E-state index is -0.869. The van der Waals surface area contributed by atoms with E-state index >= 15 is 0 Å². The molecule has 8 nitrogen and oxygen atoms in total. The van der Waals surface area contributed by atoms with Crippen molar-refractivity contribution in [1.82, 2.24) is 29.1 Å². The lowest BCUT2D eigenvalue weighted by Crippen LogP contribution is -2.29. The fourth-order valence-electron chi connectivity index (χ4n) is 3.68. The highest BCUT2D eigenvalue weighted by Gasteiger charge is 2.23. The van der Waals surface area contributed by atoms with Crippen molar-refractivity contribution < 1.29 is 8.78 Å². The molecule has 160 valence electrons. The van der Waals surface area contributed by atoms with E-state index in [1.54, 1.807) is 49.1 Å². The average molecular weight is 433 g/mol. The number of hydrogen-bond donors (Lipinski definition) is 1. The molecule has 0 unspecified atom stereocenters. The molecule has 1 N–H and O–H groups in total. The van der Waals surface area contributed by atoms with Gasteiger partial charge in [0.05, 0.1) is 23.3 Å². The topological polar surface area (TPSA) is 90.5 Å². The zero-order chi connectivity index (χ0) is 22.4. The Hall–Kier alpha value is -4.21. The summed E-state index contributed by atoms with van der Waals surface area (Å²) in [6, 6.07) is 9.45. The molecule has 0 fully saturated rings. The summed E-state index contributed by atoms with van der Waals surface area (Å²) in [7, 11) is 1.80. The van der Waals surface area contributed by atoms with E-state index in [1.807, 2.05) is 0 Å². The van der Waals surface area contributed by atoms with Gasteiger partial charge >= 0.3 is 0 Å². The molecule has 32 heavy (non-hydrogen) atoms. The monoisotopic (exact) mass is 433 g/mol. The van der Waals surface area contributed by atoms with Gasteiger partial charge in [0, 0.05) is 7.05 Å². The molecule has 0 aliphatic carbocycles. The Kier molecular flexibility index (Phi) is 4.62. The van der Waals surface area contributed by atoms with Gasteiger partial charge in [-0.2, -0.15) is 0 Å². The summed E-state index contributed by atoms with van der Waals surface area (Å²) < 4.78 is 32.1. The van der Waals surface area contributed by atoms with Gasteiger partial charge in [0.1, 0.15) is 35.0 Å². The predicted octanol–water partition coefficient (Wildman–Crippen LogP) is 3.51. The Bertz CT molecular complexity index is 1520. The lowest BCUT2D eigenvalue weighted by molar-refractivity contribution is 0.558. The van der Waals surface area contributed by atoms with Crippen LogP contribution in [0, 0.1) is 11.6 Å². The van der Waals surface area contributed by atoms with E-state index in [2.05, 4.69) is 25.3 Å². The average Bonchev–Trinajstić information content (AvgIpc) is 3.17. The third kappa shape index (κ3) is 3.08. The van der Waals surface area contributed by atoms with Gasteiger partial charge in [0.15, 0.2) is 11.5 Å². The first kappa shape index (κ1) is 19.7. The van der Waals surface area contributed by atoms with Crippen LogP contribution in [0.2, 0.25) is 0 Å². The maximum atomic E-state index is 14.7. The van der Waals surface area contributed by atoms with Gasteiger partial charge in [-0.05, 0) is 31.2 Å². The van der Waals surface area contributed by atoms with Gasteiger partial charge in [-0.15, -0.1) is 0 Å². The number of nitrogens with zero attached hydrogens (tertiary/aromatic N) is 6. The lowest BCUT2D eigenvalue weighted by Gasteiger charge is -2.20. The number of imidazole rings is 1. The van der Waals surface area contributed by atoms with E-state index in [1.165, 1.54) is 12.4 Å². The Labute approximate surface area is 180 Å². The molecule has 3 heterocycles. The van der Waals surface area contributed by atoms with Crippen LogP contribution in [-0.4, -0.2) is 29.1 Å². The third-order valence-electron chi connectivity index (χ3n) is 5.20. The van der Waals surface area contributed by atoms with Crippen LogP contribution < -0.4 is 10.9 Å². The molecule has 0 amide bonds. The van der Waals surface area contributed by atoms with Gasteiger partial charge in [-0.3, -0.25) is 9.36 Å². The largest absolute Gasteiger partial charge is 0.358 e. The van der Waals surface area contributed by atoms with Crippen molar-refractivity contribution in [2.45, 2.75) is 13.0 Å². The van der Waals surface area contributed by atoms with Crippen LogP contribution in [0.25, 0.3) is 27.8 Å². The van der Waals surface area contributed by atoms with Crippen LogP contribution >= 0.6 is 0 Å². The SMILES string of the molecule is C[C@H](Nc1ncnc2c1ncn2C)c1nc2ccccc2c(=O)n1-c1c(F)cccc1F. The molecule has 5 rings (SSSR count). The highest BCUT2D eigenvalue weighted by Crippen LogP contribution is 2.26. The van der Waals surface area contributed by atoms with Crippen molar-refractivity contribution in [3.05, 3.63) is 82.9 Å². The van der Waals surface area contributed by atoms with Crippen molar-refractivity contribution in [2.24, 2.45) is 7.05 Å².